The highest BCUT2D eigenvalue weighted by Gasteiger charge is 2.11. The number of methoxy groups -OCH3 is 1. The molecule has 0 aliphatic heterocycles. The zero-order chi connectivity index (χ0) is 22.3. The number of benzene rings is 2. The summed E-state index contributed by atoms with van der Waals surface area (Å²) in [4.78, 5) is 19.8. The largest absolute Gasteiger partial charge is 0.494 e. The summed E-state index contributed by atoms with van der Waals surface area (Å²) in [5.41, 5.74) is 3.28. The highest BCUT2D eigenvalue weighted by atomic mass is 16.5. The normalized spacial score (nSPS) is 10.7. The van der Waals surface area contributed by atoms with Crippen LogP contribution in [0.25, 0.3) is 10.9 Å². The fourth-order valence-corrected chi connectivity index (χ4v) is 3.34. The van der Waals surface area contributed by atoms with Gasteiger partial charge in [-0.1, -0.05) is 6.07 Å². The second-order valence-corrected chi connectivity index (χ2v) is 7.18. The van der Waals surface area contributed by atoms with Crippen LogP contribution in [0, 0.1) is 0 Å². The van der Waals surface area contributed by atoms with E-state index in [0.717, 1.165) is 27.8 Å². The van der Waals surface area contributed by atoms with Gasteiger partial charge in [0, 0.05) is 35.9 Å². The van der Waals surface area contributed by atoms with E-state index in [1.165, 1.54) is 0 Å². The van der Waals surface area contributed by atoms with Crippen molar-refractivity contribution in [2.45, 2.75) is 20.1 Å². The van der Waals surface area contributed by atoms with Crippen molar-refractivity contribution in [3.05, 3.63) is 83.8 Å². The fraction of sp³-hybridized carbons (Fsp3) is 0.200. The molecular weight excluding hydrogens is 406 g/mol. The van der Waals surface area contributed by atoms with Gasteiger partial charge in [-0.25, -0.2) is 0 Å². The molecule has 2 heterocycles. The zero-order valence-corrected chi connectivity index (χ0v) is 18.1. The lowest BCUT2D eigenvalue weighted by Crippen LogP contribution is -2.23. The van der Waals surface area contributed by atoms with Crippen LogP contribution in [0.4, 0.5) is 0 Å². The van der Waals surface area contributed by atoms with Gasteiger partial charge in [0.05, 0.1) is 13.7 Å². The van der Waals surface area contributed by atoms with E-state index >= 15 is 0 Å². The van der Waals surface area contributed by atoms with Gasteiger partial charge < -0.3 is 24.5 Å². The monoisotopic (exact) mass is 431 g/mol. The molecule has 7 heteroatoms. The number of amides is 1. The van der Waals surface area contributed by atoms with Gasteiger partial charge in [0.15, 0.2) is 11.5 Å². The molecule has 0 saturated carbocycles. The molecule has 2 N–H and O–H groups in total. The number of aromatic nitrogens is 2. The molecule has 0 aliphatic rings. The summed E-state index contributed by atoms with van der Waals surface area (Å²) in [5.74, 6) is 1.84. The maximum atomic E-state index is 12.6. The molecule has 0 radical (unpaired) electrons. The van der Waals surface area contributed by atoms with Crippen molar-refractivity contribution in [1.29, 1.82) is 0 Å². The summed E-state index contributed by atoms with van der Waals surface area (Å²) in [7, 11) is 1.60. The molecule has 4 rings (SSSR count). The molecule has 0 spiro atoms. The highest BCUT2D eigenvalue weighted by Crippen LogP contribution is 2.29. The average molecular weight is 431 g/mol. The molecule has 0 bridgehead atoms. The zero-order valence-electron chi connectivity index (χ0n) is 18.1. The van der Waals surface area contributed by atoms with Crippen molar-refractivity contribution in [3.8, 4) is 17.2 Å². The average Bonchev–Trinajstić information content (AvgIpc) is 3.26. The number of hydrogen-bond donors (Lipinski definition) is 2. The SMILES string of the molecule is CCOc1ccc2cc(C(=O)NCc3ccc(OCc4ccncc4)c(OC)c3)[nH]c2c1. The van der Waals surface area contributed by atoms with Gasteiger partial charge in [0.25, 0.3) is 5.91 Å². The highest BCUT2D eigenvalue weighted by molar-refractivity contribution is 5.98. The van der Waals surface area contributed by atoms with Crippen molar-refractivity contribution in [2.24, 2.45) is 0 Å². The van der Waals surface area contributed by atoms with E-state index in [1.54, 1.807) is 19.5 Å². The van der Waals surface area contributed by atoms with Gasteiger partial charge in [0.2, 0.25) is 0 Å². The van der Waals surface area contributed by atoms with Gasteiger partial charge in [-0.3, -0.25) is 9.78 Å². The van der Waals surface area contributed by atoms with Crippen molar-refractivity contribution in [1.82, 2.24) is 15.3 Å². The predicted molar refractivity (Wildman–Crippen MR) is 122 cm³/mol. The molecule has 1 amide bonds. The van der Waals surface area contributed by atoms with Crippen molar-refractivity contribution < 1.29 is 19.0 Å². The summed E-state index contributed by atoms with van der Waals surface area (Å²) in [6.07, 6.45) is 3.46. The molecule has 0 atom stereocenters. The smallest absolute Gasteiger partial charge is 0.267 e. The number of rotatable bonds is 9. The molecule has 0 fully saturated rings. The summed E-state index contributed by atoms with van der Waals surface area (Å²) in [5, 5.41) is 3.89. The Morgan fingerprint density at radius 2 is 1.81 bits per heavy atom. The lowest BCUT2D eigenvalue weighted by Gasteiger charge is -2.12. The van der Waals surface area contributed by atoms with Gasteiger partial charge >= 0.3 is 0 Å². The maximum absolute atomic E-state index is 12.6. The number of pyridine rings is 1. The first-order chi connectivity index (χ1) is 15.7. The Hall–Kier alpha value is -4.00. The van der Waals surface area contributed by atoms with Crippen LogP contribution in [-0.4, -0.2) is 29.6 Å². The van der Waals surface area contributed by atoms with Crippen molar-refractivity contribution in [2.75, 3.05) is 13.7 Å². The number of H-pyrrole nitrogens is 1. The summed E-state index contributed by atoms with van der Waals surface area (Å²) in [6.45, 7) is 3.31. The van der Waals surface area contributed by atoms with E-state index in [9.17, 15) is 4.79 Å². The number of ether oxygens (including phenoxy) is 3. The van der Waals surface area contributed by atoms with Crippen LogP contribution in [0.15, 0.2) is 67.0 Å². The van der Waals surface area contributed by atoms with Crippen LogP contribution in [0.1, 0.15) is 28.5 Å². The second-order valence-electron chi connectivity index (χ2n) is 7.18. The number of aromatic amines is 1. The van der Waals surface area contributed by atoms with Crippen LogP contribution in [0.5, 0.6) is 17.2 Å². The van der Waals surface area contributed by atoms with E-state index in [0.29, 0.717) is 37.0 Å². The lowest BCUT2D eigenvalue weighted by molar-refractivity contribution is 0.0946. The Labute approximate surface area is 186 Å². The van der Waals surface area contributed by atoms with Gasteiger partial charge in [0.1, 0.15) is 18.1 Å². The Bertz CT molecular complexity index is 1200. The minimum atomic E-state index is -0.184. The lowest BCUT2D eigenvalue weighted by atomic mass is 10.2. The Morgan fingerprint density at radius 1 is 0.969 bits per heavy atom. The minimum absolute atomic E-state index is 0.184. The number of hydrogen-bond acceptors (Lipinski definition) is 5. The second kappa shape index (κ2) is 9.87. The third-order valence-electron chi connectivity index (χ3n) is 4.97. The topological polar surface area (TPSA) is 85.5 Å². The minimum Gasteiger partial charge on any atom is -0.494 e. The van der Waals surface area contributed by atoms with E-state index in [2.05, 4.69) is 15.3 Å². The summed E-state index contributed by atoms with van der Waals surface area (Å²) < 4.78 is 16.9. The number of carbonyl (C=O) groups excluding carboxylic acids is 1. The molecule has 4 aromatic rings. The number of carbonyl (C=O) groups is 1. The van der Waals surface area contributed by atoms with Crippen LogP contribution in [0.2, 0.25) is 0 Å². The number of nitrogens with one attached hydrogen (secondary N) is 2. The Morgan fingerprint density at radius 3 is 2.59 bits per heavy atom. The van der Waals surface area contributed by atoms with Crippen molar-refractivity contribution >= 4 is 16.8 Å². The van der Waals surface area contributed by atoms with Crippen LogP contribution < -0.4 is 19.5 Å². The first kappa shape index (κ1) is 21.2. The molecule has 0 saturated heterocycles. The molecule has 2 aromatic heterocycles. The van der Waals surface area contributed by atoms with E-state index < -0.39 is 0 Å². The molecule has 164 valence electrons. The fourth-order valence-electron chi connectivity index (χ4n) is 3.34. The molecule has 0 aliphatic carbocycles. The predicted octanol–water partition coefficient (Wildman–Crippen LogP) is 4.48. The molecule has 7 nitrogen and oxygen atoms in total. The van der Waals surface area contributed by atoms with Crippen LogP contribution in [-0.2, 0) is 13.2 Å². The van der Waals surface area contributed by atoms with E-state index in [1.807, 2.05) is 61.5 Å². The maximum Gasteiger partial charge on any atom is 0.267 e. The quantitative estimate of drug-likeness (QED) is 0.408. The third-order valence-corrected chi connectivity index (χ3v) is 4.97. The van der Waals surface area contributed by atoms with Crippen LogP contribution in [0.3, 0.4) is 0 Å². The first-order valence-corrected chi connectivity index (χ1v) is 10.4. The standard InChI is InChI=1S/C25H25N3O4/c1-3-31-20-6-5-19-13-22(28-21(19)14-20)25(29)27-15-18-4-7-23(24(12-18)30-2)32-16-17-8-10-26-11-9-17/h4-14,28H,3,15-16H2,1-2H3,(H,27,29). The van der Waals surface area contributed by atoms with Crippen LogP contribution >= 0.6 is 0 Å². The Balaban J connectivity index is 1.39. The van der Waals surface area contributed by atoms with Crippen molar-refractivity contribution in [3.63, 3.8) is 0 Å². The van der Waals surface area contributed by atoms with E-state index in [4.69, 9.17) is 14.2 Å². The molecular formula is C25H25N3O4. The Kier molecular flexibility index (Phi) is 6.55. The summed E-state index contributed by atoms with van der Waals surface area (Å²) >= 11 is 0. The van der Waals surface area contributed by atoms with E-state index in [-0.39, 0.29) is 5.91 Å². The molecule has 2 aromatic carbocycles. The summed E-state index contributed by atoms with van der Waals surface area (Å²) in [6, 6.07) is 17.0. The first-order valence-electron chi connectivity index (χ1n) is 10.4. The molecule has 0 unspecified atom stereocenters. The van der Waals surface area contributed by atoms with Gasteiger partial charge in [-0.05, 0) is 60.5 Å². The van der Waals surface area contributed by atoms with Gasteiger partial charge in [-0.2, -0.15) is 0 Å². The number of nitrogens with zero attached hydrogens (tertiary/aromatic N) is 1. The third kappa shape index (κ3) is 5.00. The number of fused-ring (bicyclic) bond motifs is 1. The molecule has 32 heavy (non-hydrogen) atoms. The van der Waals surface area contributed by atoms with Gasteiger partial charge in [-0.15, -0.1) is 0 Å².